The Morgan fingerprint density at radius 1 is 0.939 bits per heavy atom. The van der Waals surface area contributed by atoms with Crippen LogP contribution in [0.1, 0.15) is 22.3 Å². The number of benzene rings is 3. The molecule has 4 rings (SSSR count). The Morgan fingerprint density at radius 2 is 1.67 bits per heavy atom. The Balaban J connectivity index is 1.37. The van der Waals surface area contributed by atoms with Crippen LogP contribution in [0.5, 0.6) is 5.75 Å². The molecule has 1 aliphatic heterocycles. The third kappa shape index (κ3) is 5.77. The van der Waals surface area contributed by atoms with E-state index >= 15 is 0 Å². The number of nitrogens with zero attached hydrogens (tertiary/aromatic N) is 1. The van der Waals surface area contributed by atoms with Crippen LogP contribution >= 0.6 is 0 Å². The highest BCUT2D eigenvalue weighted by Gasteiger charge is 2.25. The fourth-order valence-electron chi connectivity index (χ4n) is 3.67. The van der Waals surface area contributed by atoms with Crippen molar-refractivity contribution in [3.8, 4) is 5.75 Å². The van der Waals surface area contributed by atoms with Gasteiger partial charge in [-0.1, -0.05) is 48.5 Å². The van der Waals surface area contributed by atoms with Crippen molar-refractivity contribution >= 4 is 29.1 Å². The molecule has 1 aliphatic rings. The maximum atomic E-state index is 12.5. The first-order valence-electron chi connectivity index (χ1n) is 10.8. The monoisotopic (exact) mass is 443 g/mol. The molecule has 0 radical (unpaired) electrons. The predicted octanol–water partition coefficient (Wildman–Crippen LogP) is 3.41. The minimum atomic E-state index is -0.363. The second-order valence-corrected chi connectivity index (χ2v) is 7.70. The lowest BCUT2D eigenvalue weighted by Crippen LogP contribution is -2.39. The van der Waals surface area contributed by atoms with Crippen LogP contribution in [-0.4, -0.2) is 37.4 Å². The van der Waals surface area contributed by atoms with E-state index in [2.05, 4.69) is 22.8 Å². The summed E-state index contributed by atoms with van der Waals surface area (Å²) in [6, 6.07) is 24.0. The van der Waals surface area contributed by atoms with Gasteiger partial charge in [-0.25, -0.2) is 0 Å². The van der Waals surface area contributed by atoms with Crippen LogP contribution < -0.4 is 20.3 Å². The van der Waals surface area contributed by atoms with E-state index in [-0.39, 0.29) is 30.9 Å². The van der Waals surface area contributed by atoms with Crippen LogP contribution in [-0.2, 0) is 16.0 Å². The molecule has 0 bridgehead atoms. The van der Waals surface area contributed by atoms with Crippen molar-refractivity contribution in [1.82, 2.24) is 5.32 Å². The topological polar surface area (TPSA) is 87.7 Å². The average Bonchev–Trinajstić information content (AvgIpc) is 2.85. The summed E-state index contributed by atoms with van der Waals surface area (Å²) in [4.78, 5) is 38.7. The SMILES string of the molecule is O=C(CNC(=O)c1ccccc1)Nc1ccc2c(c1)N(CCCc1ccccc1)C(=O)CO2. The molecule has 0 spiro atoms. The zero-order valence-electron chi connectivity index (χ0n) is 18.1. The van der Waals surface area contributed by atoms with Gasteiger partial charge in [-0.3, -0.25) is 14.4 Å². The number of rotatable bonds is 8. The quantitative estimate of drug-likeness (QED) is 0.559. The lowest BCUT2D eigenvalue weighted by atomic mass is 10.1. The number of carbonyl (C=O) groups excluding carboxylic acids is 3. The van der Waals surface area contributed by atoms with E-state index in [4.69, 9.17) is 4.74 Å². The summed E-state index contributed by atoms with van der Waals surface area (Å²) in [5, 5.41) is 5.37. The molecular formula is C26H25N3O4. The van der Waals surface area contributed by atoms with E-state index in [1.165, 1.54) is 5.56 Å². The van der Waals surface area contributed by atoms with Crippen LogP contribution in [0.25, 0.3) is 0 Å². The summed E-state index contributed by atoms with van der Waals surface area (Å²) in [7, 11) is 0. The third-order valence-corrected chi connectivity index (χ3v) is 5.32. The molecule has 0 fully saturated rings. The van der Waals surface area contributed by atoms with Crippen molar-refractivity contribution in [3.05, 3.63) is 90.0 Å². The van der Waals surface area contributed by atoms with Crippen molar-refractivity contribution in [2.75, 3.05) is 29.9 Å². The van der Waals surface area contributed by atoms with Gasteiger partial charge in [0.15, 0.2) is 6.61 Å². The summed E-state index contributed by atoms with van der Waals surface area (Å²) in [6.07, 6.45) is 1.66. The van der Waals surface area contributed by atoms with E-state index in [1.54, 1.807) is 47.4 Å². The van der Waals surface area contributed by atoms with Gasteiger partial charge in [0.2, 0.25) is 5.91 Å². The number of ether oxygens (including phenoxy) is 1. The third-order valence-electron chi connectivity index (χ3n) is 5.32. The largest absolute Gasteiger partial charge is 0.482 e. The molecule has 0 unspecified atom stereocenters. The molecule has 3 aromatic carbocycles. The normalized spacial score (nSPS) is 12.5. The number of amides is 3. The van der Waals surface area contributed by atoms with Gasteiger partial charge in [0.25, 0.3) is 11.8 Å². The predicted molar refractivity (Wildman–Crippen MR) is 126 cm³/mol. The van der Waals surface area contributed by atoms with Gasteiger partial charge in [0.1, 0.15) is 5.75 Å². The molecule has 33 heavy (non-hydrogen) atoms. The fourth-order valence-corrected chi connectivity index (χ4v) is 3.67. The maximum absolute atomic E-state index is 12.5. The zero-order chi connectivity index (χ0) is 23.0. The van der Waals surface area contributed by atoms with E-state index in [9.17, 15) is 14.4 Å². The Hall–Kier alpha value is -4.13. The van der Waals surface area contributed by atoms with Crippen molar-refractivity contribution < 1.29 is 19.1 Å². The fraction of sp³-hybridized carbons (Fsp3) is 0.192. The highest BCUT2D eigenvalue weighted by Crippen LogP contribution is 2.34. The van der Waals surface area contributed by atoms with Gasteiger partial charge in [-0.2, -0.15) is 0 Å². The number of aryl methyl sites for hydroxylation is 1. The zero-order valence-corrected chi connectivity index (χ0v) is 18.1. The molecule has 168 valence electrons. The van der Waals surface area contributed by atoms with E-state index in [1.807, 2.05) is 24.3 Å². The van der Waals surface area contributed by atoms with Crippen LogP contribution in [0.3, 0.4) is 0 Å². The van der Waals surface area contributed by atoms with Gasteiger partial charge in [0, 0.05) is 17.8 Å². The molecule has 1 heterocycles. The molecule has 3 aromatic rings. The molecule has 7 heteroatoms. The number of hydrogen-bond acceptors (Lipinski definition) is 4. The number of carbonyl (C=O) groups is 3. The summed E-state index contributed by atoms with van der Waals surface area (Å²) in [5.41, 5.74) is 2.86. The van der Waals surface area contributed by atoms with Crippen LogP contribution in [0.4, 0.5) is 11.4 Å². The minimum Gasteiger partial charge on any atom is -0.482 e. The maximum Gasteiger partial charge on any atom is 0.265 e. The number of nitrogens with one attached hydrogen (secondary N) is 2. The van der Waals surface area contributed by atoms with Crippen molar-refractivity contribution in [1.29, 1.82) is 0 Å². The van der Waals surface area contributed by atoms with E-state index < -0.39 is 0 Å². The molecular weight excluding hydrogens is 418 g/mol. The number of anilines is 2. The Labute approximate surface area is 192 Å². The highest BCUT2D eigenvalue weighted by molar-refractivity contribution is 6.01. The van der Waals surface area contributed by atoms with Crippen LogP contribution in [0, 0.1) is 0 Å². The summed E-state index contributed by atoms with van der Waals surface area (Å²) >= 11 is 0. The molecule has 7 nitrogen and oxygen atoms in total. The first-order valence-corrected chi connectivity index (χ1v) is 10.8. The second-order valence-electron chi connectivity index (χ2n) is 7.70. The molecule has 0 aliphatic carbocycles. The average molecular weight is 444 g/mol. The van der Waals surface area contributed by atoms with Gasteiger partial charge >= 0.3 is 0 Å². The smallest absolute Gasteiger partial charge is 0.265 e. The lowest BCUT2D eigenvalue weighted by molar-refractivity contribution is -0.121. The molecule has 0 saturated heterocycles. The van der Waals surface area contributed by atoms with Crippen molar-refractivity contribution in [2.24, 2.45) is 0 Å². The van der Waals surface area contributed by atoms with Crippen molar-refractivity contribution in [3.63, 3.8) is 0 Å². The Kier molecular flexibility index (Phi) is 6.99. The first kappa shape index (κ1) is 22.1. The Bertz CT molecular complexity index is 1130. The van der Waals surface area contributed by atoms with Gasteiger partial charge in [0.05, 0.1) is 12.2 Å². The summed E-state index contributed by atoms with van der Waals surface area (Å²) in [5.74, 6) is -0.198. The molecule has 2 N–H and O–H groups in total. The van der Waals surface area contributed by atoms with Gasteiger partial charge in [-0.05, 0) is 48.7 Å². The Morgan fingerprint density at radius 3 is 2.42 bits per heavy atom. The number of hydrogen-bond donors (Lipinski definition) is 2. The van der Waals surface area contributed by atoms with Crippen LogP contribution in [0.2, 0.25) is 0 Å². The van der Waals surface area contributed by atoms with Crippen molar-refractivity contribution in [2.45, 2.75) is 12.8 Å². The summed E-state index contributed by atoms with van der Waals surface area (Å²) in [6.45, 7) is 0.380. The molecule has 0 saturated carbocycles. The van der Waals surface area contributed by atoms with Crippen LogP contribution in [0.15, 0.2) is 78.9 Å². The molecule has 0 atom stereocenters. The second kappa shape index (κ2) is 10.5. The summed E-state index contributed by atoms with van der Waals surface area (Å²) < 4.78 is 5.56. The van der Waals surface area contributed by atoms with Gasteiger partial charge in [-0.15, -0.1) is 0 Å². The standard InChI is InChI=1S/C26H25N3O4/c30-24(17-27-26(32)20-11-5-2-6-12-20)28-21-13-14-23-22(16-21)29(25(31)18-33-23)15-7-10-19-8-3-1-4-9-19/h1-6,8-9,11-14,16H,7,10,15,17-18H2,(H,27,32)(H,28,30). The highest BCUT2D eigenvalue weighted by atomic mass is 16.5. The lowest BCUT2D eigenvalue weighted by Gasteiger charge is -2.30. The number of fused-ring (bicyclic) bond motifs is 1. The molecule has 3 amide bonds. The van der Waals surface area contributed by atoms with E-state index in [0.29, 0.717) is 29.2 Å². The van der Waals surface area contributed by atoms with Gasteiger partial charge < -0.3 is 20.3 Å². The molecule has 0 aromatic heterocycles. The van der Waals surface area contributed by atoms with E-state index in [0.717, 1.165) is 12.8 Å². The first-order chi connectivity index (χ1) is 16.1. The minimum absolute atomic E-state index is 0.00440.